The van der Waals surface area contributed by atoms with Crippen LogP contribution >= 0.6 is 15.9 Å². The van der Waals surface area contributed by atoms with Gasteiger partial charge in [0.05, 0.1) is 11.5 Å². The van der Waals surface area contributed by atoms with Crippen molar-refractivity contribution in [3.05, 3.63) is 22.3 Å². The topological polar surface area (TPSA) is 96.4 Å². The monoisotopic (exact) mass is 348 g/mol. The average Bonchev–Trinajstić information content (AvgIpc) is 2.67. The summed E-state index contributed by atoms with van der Waals surface area (Å²) in [5.74, 6) is -0.440. The number of carbonyl (C=O) groups is 1. The number of aromatic nitrogens is 1. The summed E-state index contributed by atoms with van der Waals surface area (Å²) in [6.45, 7) is 0.411. The first kappa shape index (κ1) is 14.3. The third-order valence-corrected chi connectivity index (χ3v) is 5.24. The quantitative estimate of drug-likeness (QED) is 0.853. The molecular weight excluding hydrogens is 336 g/mol. The van der Waals surface area contributed by atoms with Crippen LogP contribution in [-0.2, 0) is 9.84 Å². The van der Waals surface area contributed by atoms with Crippen molar-refractivity contribution in [1.29, 1.82) is 0 Å². The number of rotatable bonds is 4. The fraction of sp³-hybridized carbons (Fsp3) is 0.455. The van der Waals surface area contributed by atoms with E-state index in [0.29, 0.717) is 17.4 Å². The van der Waals surface area contributed by atoms with E-state index in [4.69, 9.17) is 5.11 Å². The third-order valence-electron chi connectivity index (χ3n) is 2.97. The van der Waals surface area contributed by atoms with Crippen molar-refractivity contribution in [2.24, 2.45) is 5.92 Å². The molecule has 1 aliphatic heterocycles. The summed E-state index contributed by atoms with van der Waals surface area (Å²) in [5.41, 5.74) is 0.0650. The average molecular weight is 349 g/mol. The van der Waals surface area contributed by atoms with Crippen LogP contribution in [0, 0.1) is 5.92 Å². The minimum absolute atomic E-state index is 0.0112. The van der Waals surface area contributed by atoms with Gasteiger partial charge in [-0.05, 0) is 34.3 Å². The van der Waals surface area contributed by atoms with Crippen LogP contribution in [0.2, 0.25) is 0 Å². The number of anilines is 1. The van der Waals surface area contributed by atoms with Crippen LogP contribution in [0.4, 0.5) is 5.82 Å². The fourth-order valence-corrected chi connectivity index (χ4v) is 4.21. The second-order valence-electron chi connectivity index (χ2n) is 4.50. The highest BCUT2D eigenvalue weighted by Gasteiger charge is 2.27. The summed E-state index contributed by atoms with van der Waals surface area (Å²) < 4.78 is 23.2. The summed E-state index contributed by atoms with van der Waals surface area (Å²) >= 11 is 3.16. The first-order valence-corrected chi connectivity index (χ1v) is 8.32. The second kappa shape index (κ2) is 5.46. The third kappa shape index (κ3) is 3.66. The Bertz CT molecular complexity index is 603. The van der Waals surface area contributed by atoms with Gasteiger partial charge in [0.15, 0.2) is 9.84 Å². The number of nitrogens with one attached hydrogen (secondary N) is 1. The Morgan fingerprint density at radius 1 is 1.58 bits per heavy atom. The van der Waals surface area contributed by atoms with Crippen molar-refractivity contribution < 1.29 is 18.3 Å². The van der Waals surface area contributed by atoms with Crippen molar-refractivity contribution in [2.45, 2.75) is 6.42 Å². The maximum atomic E-state index is 11.3. The van der Waals surface area contributed by atoms with E-state index < -0.39 is 15.8 Å². The van der Waals surface area contributed by atoms with E-state index in [1.807, 2.05) is 0 Å². The summed E-state index contributed by atoms with van der Waals surface area (Å²) in [6.07, 6.45) is 2.11. The smallest absolute Gasteiger partial charge is 0.339 e. The van der Waals surface area contributed by atoms with E-state index >= 15 is 0 Å². The predicted octanol–water partition coefficient (Wildman–Crippen LogP) is 1.39. The van der Waals surface area contributed by atoms with Crippen molar-refractivity contribution in [2.75, 3.05) is 23.4 Å². The van der Waals surface area contributed by atoms with Gasteiger partial charge < -0.3 is 10.4 Å². The number of nitrogens with zero attached hydrogens (tertiary/aromatic N) is 1. The lowest BCUT2D eigenvalue weighted by Crippen LogP contribution is -2.18. The Balaban J connectivity index is 2.06. The minimum Gasteiger partial charge on any atom is -0.478 e. The number of hydrogen-bond acceptors (Lipinski definition) is 5. The maximum Gasteiger partial charge on any atom is 0.339 e. The first-order chi connectivity index (χ1) is 8.87. The van der Waals surface area contributed by atoms with Crippen LogP contribution in [-0.4, -0.2) is 42.5 Å². The van der Waals surface area contributed by atoms with Crippen LogP contribution in [0.5, 0.6) is 0 Å². The molecule has 1 saturated heterocycles. The zero-order valence-corrected chi connectivity index (χ0v) is 12.4. The van der Waals surface area contributed by atoms with Gasteiger partial charge in [0, 0.05) is 17.2 Å². The predicted molar refractivity (Wildman–Crippen MR) is 74.1 cm³/mol. The zero-order chi connectivity index (χ0) is 14.0. The molecule has 8 heteroatoms. The number of pyridine rings is 1. The van der Waals surface area contributed by atoms with Crippen molar-refractivity contribution in [3.63, 3.8) is 0 Å². The number of halogens is 1. The van der Waals surface area contributed by atoms with Gasteiger partial charge in [-0.3, -0.25) is 0 Å². The molecule has 6 nitrogen and oxygen atoms in total. The Kier molecular flexibility index (Phi) is 4.10. The molecule has 0 spiro atoms. The molecule has 0 radical (unpaired) electrons. The lowest BCUT2D eigenvalue weighted by Gasteiger charge is -2.12. The van der Waals surface area contributed by atoms with Crippen molar-refractivity contribution in [3.8, 4) is 0 Å². The summed E-state index contributed by atoms with van der Waals surface area (Å²) in [6, 6.07) is 1.46. The number of carboxylic acids is 1. The largest absolute Gasteiger partial charge is 0.478 e. The molecule has 19 heavy (non-hydrogen) atoms. The first-order valence-electron chi connectivity index (χ1n) is 5.70. The highest BCUT2D eigenvalue weighted by atomic mass is 79.9. The van der Waals surface area contributed by atoms with Crippen LogP contribution in [0.3, 0.4) is 0 Å². The maximum absolute atomic E-state index is 11.3. The van der Waals surface area contributed by atoms with E-state index in [9.17, 15) is 13.2 Å². The highest BCUT2D eigenvalue weighted by Crippen LogP contribution is 2.21. The van der Waals surface area contributed by atoms with Crippen molar-refractivity contribution >= 4 is 37.6 Å². The molecule has 1 atom stereocenters. The molecular formula is C11H13BrN2O4S. The molecule has 0 saturated carbocycles. The molecule has 104 valence electrons. The van der Waals surface area contributed by atoms with Gasteiger partial charge in [0.2, 0.25) is 0 Å². The van der Waals surface area contributed by atoms with Gasteiger partial charge in [-0.15, -0.1) is 0 Å². The molecule has 2 rings (SSSR count). The van der Waals surface area contributed by atoms with Crippen LogP contribution in [0.25, 0.3) is 0 Å². The number of aromatic carboxylic acids is 1. The number of hydrogen-bond donors (Lipinski definition) is 2. The molecule has 1 unspecified atom stereocenters. The summed E-state index contributed by atoms with van der Waals surface area (Å²) in [5, 5.41) is 12.0. The molecule has 1 aromatic heterocycles. The molecule has 1 aromatic rings. The van der Waals surface area contributed by atoms with Gasteiger partial charge in [0.25, 0.3) is 0 Å². The fourth-order valence-electron chi connectivity index (χ4n) is 2.02. The molecule has 0 aromatic carbocycles. The Morgan fingerprint density at radius 3 is 2.89 bits per heavy atom. The van der Waals surface area contributed by atoms with E-state index in [-0.39, 0.29) is 28.8 Å². The normalized spacial score (nSPS) is 21.2. The van der Waals surface area contributed by atoms with Gasteiger partial charge in [-0.1, -0.05) is 0 Å². The van der Waals surface area contributed by atoms with Crippen LogP contribution in [0.15, 0.2) is 16.7 Å². The molecule has 2 N–H and O–H groups in total. The summed E-state index contributed by atoms with van der Waals surface area (Å²) in [4.78, 5) is 15.1. The standard InChI is InChI=1S/C11H13BrN2O4S/c12-8-3-9(11(15)16)10(14-5-8)13-4-7-1-2-19(17,18)6-7/h3,5,7H,1-2,4,6H2,(H,13,14)(H,15,16). The lowest BCUT2D eigenvalue weighted by molar-refractivity contribution is 0.0697. The van der Waals surface area contributed by atoms with Crippen molar-refractivity contribution in [1.82, 2.24) is 4.98 Å². The Labute approximate surface area is 119 Å². The Morgan fingerprint density at radius 2 is 2.32 bits per heavy atom. The highest BCUT2D eigenvalue weighted by molar-refractivity contribution is 9.10. The molecule has 2 heterocycles. The number of carboxylic acid groups (broad SMARTS) is 1. The van der Waals surface area contributed by atoms with E-state index in [2.05, 4.69) is 26.2 Å². The Hall–Kier alpha value is -1.15. The van der Waals surface area contributed by atoms with E-state index in [0.717, 1.165) is 0 Å². The second-order valence-corrected chi connectivity index (χ2v) is 7.65. The molecule has 0 aliphatic carbocycles. The van der Waals surface area contributed by atoms with Crippen LogP contribution < -0.4 is 5.32 Å². The van der Waals surface area contributed by atoms with Gasteiger partial charge in [-0.2, -0.15) is 0 Å². The summed E-state index contributed by atoms with van der Waals surface area (Å²) in [7, 11) is -2.92. The van der Waals surface area contributed by atoms with E-state index in [1.54, 1.807) is 0 Å². The zero-order valence-electron chi connectivity index (χ0n) is 9.97. The lowest BCUT2D eigenvalue weighted by atomic mass is 10.1. The number of sulfone groups is 1. The molecule has 0 bridgehead atoms. The van der Waals surface area contributed by atoms with E-state index in [1.165, 1.54) is 12.3 Å². The van der Waals surface area contributed by atoms with Gasteiger partial charge in [-0.25, -0.2) is 18.2 Å². The van der Waals surface area contributed by atoms with Gasteiger partial charge in [0.1, 0.15) is 11.4 Å². The van der Waals surface area contributed by atoms with Crippen LogP contribution in [0.1, 0.15) is 16.8 Å². The molecule has 1 aliphatic rings. The SMILES string of the molecule is O=C(O)c1cc(Br)cnc1NCC1CCS(=O)(=O)C1. The minimum atomic E-state index is -2.92. The van der Waals surface area contributed by atoms with Gasteiger partial charge >= 0.3 is 5.97 Å². The molecule has 1 fully saturated rings. The molecule has 0 amide bonds.